The van der Waals surface area contributed by atoms with Gasteiger partial charge in [-0.1, -0.05) is 30.3 Å². The van der Waals surface area contributed by atoms with E-state index in [1.54, 1.807) is 53.4 Å². The van der Waals surface area contributed by atoms with Crippen LogP contribution in [0.4, 0.5) is 0 Å². The Morgan fingerprint density at radius 2 is 1.79 bits per heavy atom. The smallest absolute Gasteiger partial charge is 0.343 e. The number of amides is 2. The molecule has 2 heterocycles. The summed E-state index contributed by atoms with van der Waals surface area (Å²) in [6, 6.07) is 14.3. The standard InChI is InChI=1S/C21H17N3O5/c1-14-19(16(12-22)20(29-14)24-9-5-6-10-24)21(27)28-13-18(26)23-17(25)11-15-7-3-2-4-8-15/h2-10H,11,13H2,1H3,(H,23,25,26). The number of esters is 1. The number of carbonyl (C=O) groups excluding carboxylic acids is 3. The molecule has 2 aromatic heterocycles. The monoisotopic (exact) mass is 391 g/mol. The maximum atomic E-state index is 12.4. The van der Waals surface area contributed by atoms with Crippen molar-refractivity contribution in [3.05, 3.63) is 77.3 Å². The maximum Gasteiger partial charge on any atom is 0.343 e. The predicted octanol–water partition coefficient (Wildman–Crippen LogP) is 2.29. The van der Waals surface area contributed by atoms with Gasteiger partial charge in [0.25, 0.3) is 5.91 Å². The summed E-state index contributed by atoms with van der Waals surface area (Å²) in [5.41, 5.74) is 0.698. The molecule has 1 N–H and O–H groups in total. The van der Waals surface area contributed by atoms with Crippen LogP contribution in [-0.4, -0.2) is 29.0 Å². The van der Waals surface area contributed by atoms with Gasteiger partial charge >= 0.3 is 5.97 Å². The second-order valence-corrected chi connectivity index (χ2v) is 6.13. The molecule has 0 unspecified atom stereocenters. The van der Waals surface area contributed by atoms with Gasteiger partial charge in [0, 0.05) is 12.4 Å². The number of nitriles is 1. The zero-order valence-corrected chi connectivity index (χ0v) is 15.5. The molecule has 0 saturated carbocycles. The van der Waals surface area contributed by atoms with Crippen molar-refractivity contribution >= 4 is 17.8 Å². The van der Waals surface area contributed by atoms with Crippen LogP contribution in [0, 0.1) is 18.3 Å². The Bertz CT molecular complexity index is 1080. The number of benzene rings is 1. The first-order valence-electron chi connectivity index (χ1n) is 8.70. The van der Waals surface area contributed by atoms with Crippen LogP contribution < -0.4 is 5.32 Å². The van der Waals surface area contributed by atoms with Crippen molar-refractivity contribution < 1.29 is 23.5 Å². The summed E-state index contributed by atoms with van der Waals surface area (Å²) < 4.78 is 12.0. The summed E-state index contributed by atoms with van der Waals surface area (Å²) >= 11 is 0. The Kier molecular flexibility index (Phi) is 5.90. The lowest BCUT2D eigenvalue weighted by atomic mass is 10.1. The Morgan fingerprint density at radius 1 is 1.10 bits per heavy atom. The largest absolute Gasteiger partial charge is 0.452 e. The third kappa shape index (κ3) is 4.59. The van der Waals surface area contributed by atoms with Crippen molar-refractivity contribution in [1.82, 2.24) is 9.88 Å². The molecule has 0 aliphatic carbocycles. The number of imide groups is 1. The van der Waals surface area contributed by atoms with Gasteiger partial charge in [0.05, 0.1) is 6.42 Å². The first-order valence-corrected chi connectivity index (χ1v) is 8.70. The predicted molar refractivity (Wildman–Crippen MR) is 101 cm³/mol. The number of aromatic nitrogens is 1. The van der Waals surface area contributed by atoms with Crippen LogP contribution in [0.3, 0.4) is 0 Å². The molecule has 8 heteroatoms. The van der Waals surface area contributed by atoms with Gasteiger partial charge in [-0.3, -0.25) is 19.5 Å². The molecule has 8 nitrogen and oxygen atoms in total. The van der Waals surface area contributed by atoms with E-state index in [0.29, 0.717) is 0 Å². The van der Waals surface area contributed by atoms with E-state index in [1.807, 2.05) is 12.1 Å². The molecule has 3 rings (SSSR count). The minimum absolute atomic E-state index is 0.00395. The molecule has 0 bridgehead atoms. The van der Waals surface area contributed by atoms with Crippen LogP contribution in [0.1, 0.15) is 27.2 Å². The molecule has 0 radical (unpaired) electrons. The number of nitrogens with one attached hydrogen (secondary N) is 1. The highest BCUT2D eigenvalue weighted by atomic mass is 16.5. The normalized spacial score (nSPS) is 10.2. The van der Waals surface area contributed by atoms with Crippen molar-refractivity contribution in [2.75, 3.05) is 6.61 Å². The van der Waals surface area contributed by atoms with Crippen LogP contribution in [0.5, 0.6) is 0 Å². The van der Waals surface area contributed by atoms with Gasteiger partial charge in [0.1, 0.15) is 23.0 Å². The molecule has 2 amide bonds. The lowest BCUT2D eigenvalue weighted by Crippen LogP contribution is -2.35. The number of hydrogen-bond donors (Lipinski definition) is 1. The lowest BCUT2D eigenvalue weighted by molar-refractivity contribution is -0.132. The Balaban J connectivity index is 1.61. The molecule has 146 valence electrons. The van der Waals surface area contributed by atoms with E-state index < -0.39 is 24.4 Å². The topological polar surface area (TPSA) is 114 Å². The average molecular weight is 391 g/mol. The average Bonchev–Trinajstić information content (AvgIpc) is 3.34. The van der Waals surface area contributed by atoms with Crippen molar-refractivity contribution in [3.63, 3.8) is 0 Å². The number of nitrogens with zero attached hydrogens (tertiary/aromatic N) is 2. The summed E-state index contributed by atoms with van der Waals surface area (Å²) in [4.78, 5) is 36.2. The van der Waals surface area contributed by atoms with Crippen LogP contribution >= 0.6 is 0 Å². The zero-order valence-electron chi connectivity index (χ0n) is 15.5. The molecule has 29 heavy (non-hydrogen) atoms. The number of ether oxygens (including phenoxy) is 1. The van der Waals surface area contributed by atoms with Crippen LogP contribution in [0.25, 0.3) is 5.88 Å². The minimum atomic E-state index is -0.883. The molecule has 0 fully saturated rings. The van der Waals surface area contributed by atoms with Crippen molar-refractivity contribution in [2.24, 2.45) is 0 Å². The van der Waals surface area contributed by atoms with Gasteiger partial charge in [-0.05, 0) is 24.6 Å². The second kappa shape index (κ2) is 8.71. The number of rotatable bonds is 6. The van der Waals surface area contributed by atoms with Gasteiger partial charge in [-0.2, -0.15) is 5.26 Å². The van der Waals surface area contributed by atoms with E-state index in [2.05, 4.69) is 5.32 Å². The first-order chi connectivity index (χ1) is 14.0. The molecule has 0 aliphatic heterocycles. The molecule has 0 saturated heterocycles. The van der Waals surface area contributed by atoms with Gasteiger partial charge in [0.15, 0.2) is 6.61 Å². The molecule has 0 aliphatic rings. The molecule has 0 atom stereocenters. The number of furan rings is 1. The third-order valence-corrected chi connectivity index (χ3v) is 4.04. The fraction of sp³-hybridized carbons (Fsp3) is 0.143. The van der Waals surface area contributed by atoms with Gasteiger partial charge in [-0.25, -0.2) is 4.79 Å². The van der Waals surface area contributed by atoms with Crippen molar-refractivity contribution in [2.45, 2.75) is 13.3 Å². The van der Waals surface area contributed by atoms with Crippen LogP contribution in [0.15, 0.2) is 59.3 Å². The summed E-state index contributed by atoms with van der Waals surface area (Å²) in [7, 11) is 0. The van der Waals surface area contributed by atoms with Crippen LogP contribution in [0.2, 0.25) is 0 Å². The third-order valence-electron chi connectivity index (χ3n) is 4.04. The van der Waals surface area contributed by atoms with E-state index in [0.717, 1.165) is 5.56 Å². The van der Waals surface area contributed by atoms with E-state index in [9.17, 15) is 19.6 Å². The van der Waals surface area contributed by atoms with E-state index in [1.165, 1.54) is 6.92 Å². The summed E-state index contributed by atoms with van der Waals surface area (Å²) in [6.07, 6.45) is 3.36. The van der Waals surface area contributed by atoms with E-state index in [-0.39, 0.29) is 29.2 Å². The Labute approximate surface area is 166 Å². The number of carbonyl (C=O) groups is 3. The van der Waals surface area contributed by atoms with Crippen molar-refractivity contribution in [3.8, 4) is 12.0 Å². The lowest BCUT2D eigenvalue weighted by Gasteiger charge is -2.06. The summed E-state index contributed by atoms with van der Waals surface area (Å²) in [5.74, 6) is -1.78. The molecular formula is C21H17N3O5. The highest BCUT2D eigenvalue weighted by Crippen LogP contribution is 2.26. The highest BCUT2D eigenvalue weighted by molar-refractivity contribution is 5.99. The van der Waals surface area contributed by atoms with E-state index in [4.69, 9.17) is 9.15 Å². The molecule has 0 spiro atoms. The maximum absolute atomic E-state index is 12.4. The molecule has 3 aromatic rings. The molecule has 1 aromatic carbocycles. The Morgan fingerprint density at radius 3 is 2.45 bits per heavy atom. The van der Waals surface area contributed by atoms with Crippen molar-refractivity contribution in [1.29, 1.82) is 5.26 Å². The fourth-order valence-corrected chi connectivity index (χ4v) is 2.75. The summed E-state index contributed by atoms with van der Waals surface area (Å²) in [6.45, 7) is 0.863. The Hall–Kier alpha value is -4.12. The molecular weight excluding hydrogens is 374 g/mol. The van der Waals surface area contributed by atoms with Gasteiger partial charge in [0.2, 0.25) is 11.8 Å². The van der Waals surface area contributed by atoms with E-state index >= 15 is 0 Å². The van der Waals surface area contributed by atoms with Gasteiger partial charge in [-0.15, -0.1) is 0 Å². The number of hydrogen-bond acceptors (Lipinski definition) is 6. The first kappa shape index (κ1) is 19.6. The fourth-order valence-electron chi connectivity index (χ4n) is 2.75. The van der Waals surface area contributed by atoms with Gasteiger partial charge < -0.3 is 9.15 Å². The minimum Gasteiger partial charge on any atom is -0.452 e. The van der Waals surface area contributed by atoms with Crippen LogP contribution in [-0.2, 0) is 20.7 Å². The number of aryl methyl sites for hydroxylation is 1. The second-order valence-electron chi connectivity index (χ2n) is 6.13. The zero-order chi connectivity index (χ0) is 20.8. The SMILES string of the molecule is Cc1oc(-n2cccc2)c(C#N)c1C(=O)OCC(=O)NC(=O)Cc1ccccc1. The quantitative estimate of drug-likeness (QED) is 0.645. The summed E-state index contributed by atoms with van der Waals surface area (Å²) in [5, 5.41) is 11.6. The highest BCUT2D eigenvalue weighted by Gasteiger charge is 2.26.